The van der Waals surface area contributed by atoms with Crippen LogP contribution in [0.5, 0.6) is 5.75 Å². The summed E-state index contributed by atoms with van der Waals surface area (Å²) in [4.78, 5) is -0.0660. The monoisotopic (exact) mass is 373 g/mol. The van der Waals surface area contributed by atoms with E-state index in [2.05, 4.69) is 15.9 Å². The molecule has 0 atom stereocenters. The molecule has 7 heteroatoms. The van der Waals surface area contributed by atoms with Crippen molar-refractivity contribution in [1.29, 1.82) is 0 Å². The number of rotatable bonds is 4. The largest absolute Gasteiger partial charge is 0.487 e. The van der Waals surface area contributed by atoms with Gasteiger partial charge in [0.1, 0.15) is 23.1 Å². The molecule has 4 nitrogen and oxygen atoms in total. The van der Waals surface area contributed by atoms with Crippen LogP contribution >= 0.6 is 15.9 Å². The van der Waals surface area contributed by atoms with Crippen LogP contribution in [0.3, 0.4) is 0 Å². The van der Waals surface area contributed by atoms with Gasteiger partial charge >= 0.3 is 0 Å². The second-order valence-corrected chi connectivity index (χ2v) is 6.92. The van der Waals surface area contributed by atoms with Crippen molar-refractivity contribution in [3.8, 4) is 5.75 Å². The number of halogens is 2. The Kier molecular flexibility index (Phi) is 4.65. The quantitative estimate of drug-likeness (QED) is 0.894. The van der Waals surface area contributed by atoms with E-state index in [1.807, 2.05) is 0 Å². The van der Waals surface area contributed by atoms with Crippen molar-refractivity contribution < 1.29 is 17.5 Å². The zero-order chi connectivity index (χ0) is 15.6. The molecule has 0 saturated carbocycles. The minimum absolute atomic E-state index is 0.0660. The first-order valence-electron chi connectivity index (χ1n) is 5.97. The lowest BCUT2D eigenvalue weighted by Gasteiger charge is -2.11. The summed E-state index contributed by atoms with van der Waals surface area (Å²) in [6.07, 6.45) is 0. The molecule has 0 fully saturated rings. The Morgan fingerprint density at radius 2 is 1.95 bits per heavy atom. The van der Waals surface area contributed by atoms with Gasteiger partial charge in [-0.25, -0.2) is 17.9 Å². The molecule has 0 saturated heterocycles. The number of nitrogens with two attached hydrogens (primary N) is 1. The third-order valence-electron chi connectivity index (χ3n) is 2.78. The molecule has 0 aliphatic carbocycles. The standard InChI is InChI=1S/C14H13BrFNO3S/c1-9-2-5-13(14(6-9)21(17,18)19)20-8-10-3-4-12(16)11(15)7-10/h2-7H,8H2,1H3,(H2,17,18,19). The maximum absolute atomic E-state index is 13.1. The van der Waals surface area contributed by atoms with Gasteiger partial charge in [0, 0.05) is 0 Å². The molecular formula is C14H13BrFNO3S. The Bertz CT molecular complexity index is 778. The number of hydrogen-bond donors (Lipinski definition) is 1. The highest BCUT2D eigenvalue weighted by molar-refractivity contribution is 9.10. The molecule has 0 aliphatic rings. The van der Waals surface area contributed by atoms with Crippen LogP contribution in [-0.4, -0.2) is 8.42 Å². The fourth-order valence-corrected chi connectivity index (χ4v) is 2.93. The van der Waals surface area contributed by atoms with Gasteiger partial charge in [-0.2, -0.15) is 0 Å². The summed E-state index contributed by atoms with van der Waals surface area (Å²) in [5, 5.41) is 5.17. The van der Waals surface area contributed by atoms with E-state index >= 15 is 0 Å². The second-order valence-electron chi connectivity index (χ2n) is 4.53. The zero-order valence-corrected chi connectivity index (χ0v) is 13.5. The number of primary sulfonamides is 1. The molecule has 0 radical (unpaired) electrons. The van der Waals surface area contributed by atoms with Crippen LogP contribution in [0.2, 0.25) is 0 Å². The highest BCUT2D eigenvalue weighted by atomic mass is 79.9. The summed E-state index contributed by atoms with van der Waals surface area (Å²) in [6.45, 7) is 1.86. The lowest BCUT2D eigenvalue weighted by atomic mass is 10.2. The lowest BCUT2D eigenvalue weighted by molar-refractivity contribution is 0.297. The Hall–Kier alpha value is -1.44. The Morgan fingerprint density at radius 3 is 2.57 bits per heavy atom. The smallest absolute Gasteiger partial charge is 0.241 e. The van der Waals surface area contributed by atoms with Crippen LogP contribution in [0, 0.1) is 12.7 Å². The summed E-state index contributed by atoms with van der Waals surface area (Å²) in [6, 6.07) is 9.16. The summed E-state index contributed by atoms with van der Waals surface area (Å²) in [5.74, 6) is -0.206. The van der Waals surface area contributed by atoms with E-state index < -0.39 is 10.0 Å². The van der Waals surface area contributed by atoms with Crippen molar-refractivity contribution in [3.05, 3.63) is 57.8 Å². The van der Waals surface area contributed by atoms with Crippen LogP contribution < -0.4 is 9.88 Å². The molecule has 0 bridgehead atoms. The topological polar surface area (TPSA) is 69.4 Å². The van der Waals surface area contributed by atoms with Crippen molar-refractivity contribution in [3.63, 3.8) is 0 Å². The van der Waals surface area contributed by atoms with Crippen molar-refractivity contribution in [1.82, 2.24) is 0 Å². The molecule has 2 N–H and O–H groups in total. The Labute approximate surface area is 130 Å². The Morgan fingerprint density at radius 1 is 1.24 bits per heavy atom. The van der Waals surface area contributed by atoms with E-state index in [9.17, 15) is 12.8 Å². The maximum atomic E-state index is 13.1. The minimum Gasteiger partial charge on any atom is -0.487 e. The highest BCUT2D eigenvalue weighted by Gasteiger charge is 2.15. The third kappa shape index (κ3) is 4.03. The van der Waals surface area contributed by atoms with Crippen LogP contribution in [0.15, 0.2) is 45.8 Å². The summed E-state index contributed by atoms with van der Waals surface area (Å²) < 4.78 is 42.1. The molecule has 2 rings (SSSR count). The van der Waals surface area contributed by atoms with Gasteiger partial charge in [-0.3, -0.25) is 0 Å². The molecule has 0 amide bonds. The fourth-order valence-electron chi connectivity index (χ4n) is 1.75. The van der Waals surface area contributed by atoms with Crippen molar-refractivity contribution >= 4 is 26.0 Å². The van der Waals surface area contributed by atoms with Crippen LogP contribution in [0.4, 0.5) is 4.39 Å². The van der Waals surface area contributed by atoms with Gasteiger partial charge in [-0.15, -0.1) is 0 Å². The van der Waals surface area contributed by atoms with Gasteiger partial charge in [0.05, 0.1) is 4.47 Å². The number of benzene rings is 2. The van der Waals surface area contributed by atoms with E-state index in [1.54, 1.807) is 31.2 Å². The van der Waals surface area contributed by atoms with Crippen LogP contribution in [0.1, 0.15) is 11.1 Å². The Balaban J connectivity index is 2.26. The molecule has 2 aromatic carbocycles. The molecule has 0 aliphatic heterocycles. The molecular weight excluding hydrogens is 361 g/mol. The summed E-state index contributed by atoms with van der Waals surface area (Å²) in [5.41, 5.74) is 1.46. The zero-order valence-electron chi connectivity index (χ0n) is 11.1. The van der Waals surface area contributed by atoms with E-state index in [-0.39, 0.29) is 23.1 Å². The van der Waals surface area contributed by atoms with E-state index in [1.165, 1.54) is 12.1 Å². The fraction of sp³-hybridized carbons (Fsp3) is 0.143. The molecule has 21 heavy (non-hydrogen) atoms. The second kappa shape index (κ2) is 6.13. The van der Waals surface area contributed by atoms with Gasteiger partial charge in [0.25, 0.3) is 0 Å². The number of hydrogen-bond acceptors (Lipinski definition) is 3. The predicted molar refractivity (Wildman–Crippen MR) is 81.0 cm³/mol. The average molecular weight is 374 g/mol. The molecule has 112 valence electrons. The third-order valence-corrected chi connectivity index (χ3v) is 4.32. The number of sulfonamides is 1. The van der Waals surface area contributed by atoms with E-state index in [0.29, 0.717) is 10.0 Å². The molecule has 0 heterocycles. The van der Waals surface area contributed by atoms with Crippen molar-refractivity contribution in [2.75, 3.05) is 0 Å². The molecule has 0 unspecified atom stereocenters. The molecule has 0 spiro atoms. The van der Waals surface area contributed by atoms with Gasteiger partial charge in [-0.1, -0.05) is 12.1 Å². The maximum Gasteiger partial charge on any atom is 0.241 e. The van der Waals surface area contributed by atoms with E-state index in [4.69, 9.17) is 9.88 Å². The van der Waals surface area contributed by atoms with Gasteiger partial charge in [-0.05, 0) is 58.2 Å². The van der Waals surface area contributed by atoms with Gasteiger partial charge in [0.2, 0.25) is 10.0 Å². The lowest BCUT2D eigenvalue weighted by Crippen LogP contribution is -2.14. The summed E-state index contributed by atoms with van der Waals surface area (Å²) in [7, 11) is -3.87. The normalized spacial score (nSPS) is 11.4. The van der Waals surface area contributed by atoms with Crippen LogP contribution in [-0.2, 0) is 16.6 Å². The first kappa shape index (κ1) is 15.9. The average Bonchev–Trinajstić information content (AvgIpc) is 2.40. The SMILES string of the molecule is Cc1ccc(OCc2ccc(F)c(Br)c2)c(S(N)(=O)=O)c1. The van der Waals surface area contributed by atoms with Crippen molar-refractivity contribution in [2.45, 2.75) is 18.4 Å². The molecule has 0 aromatic heterocycles. The minimum atomic E-state index is -3.87. The van der Waals surface area contributed by atoms with Crippen molar-refractivity contribution in [2.24, 2.45) is 5.14 Å². The first-order valence-corrected chi connectivity index (χ1v) is 8.31. The number of ether oxygens (including phenoxy) is 1. The summed E-state index contributed by atoms with van der Waals surface area (Å²) >= 11 is 3.08. The molecule has 2 aromatic rings. The van der Waals surface area contributed by atoms with Gasteiger partial charge < -0.3 is 4.74 Å². The number of aryl methyl sites for hydroxylation is 1. The van der Waals surface area contributed by atoms with E-state index in [0.717, 1.165) is 5.56 Å². The first-order chi connectivity index (χ1) is 9.77. The van der Waals surface area contributed by atoms with Crippen LogP contribution in [0.25, 0.3) is 0 Å². The van der Waals surface area contributed by atoms with Gasteiger partial charge in [0.15, 0.2) is 0 Å². The highest BCUT2D eigenvalue weighted by Crippen LogP contribution is 2.25. The predicted octanol–water partition coefficient (Wildman–Crippen LogP) is 3.12.